The Labute approximate surface area is 145 Å². The number of nitrogens with zero attached hydrogens (tertiary/aromatic N) is 3. The van der Waals surface area contributed by atoms with Gasteiger partial charge in [-0.05, 0) is 42.9 Å². The monoisotopic (exact) mass is 337 g/mol. The Morgan fingerprint density at radius 1 is 1.21 bits per heavy atom. The topological polar surface area (TPSA) is 37.6 Å². The number of hydrogen-bond acceptors (Lipinski definition) is 4. The van der Waals surface area contributed by atoms with Gasteiger partial charge in [-0.25, -0.2) is 4.98 Å². The van der Waals surface area contributed by atoms with Crippen LogP contribution in [-0.4, -0.2) is 21.7 Å². The molecule has 0 N–H and O–H groups in total. The molecule has 0 radical (unpaired) electrons. The number of fused-ring (bicyclic) bond motifs is 2. The molecule has 0 bridgehead atoms. The van der Waals surface area contributed by atoms with E-state index in [4.69, 9.17) is 0 Å². The molecule has 0 atom stereocenters. The van der Waals surface area contributed by atoms with Crippen molar-refractivity contribution in [2.45, 2.75) is 24.8 Å². The first kappa shape index (κ1) is 15.3. The molecule has 24 heavy (non-hydrogen) atoms. The van der Waals surface area contributed by atoms with E-state index in [2.05, 4.69) is 34.1 Å². The summed E-state index contributed by atoms with van der Waals surface area (Å²) in [4.78, 5) is 20.7. The van der Waals surface area contributed by atoms with Gasteiger partial charge < -0.3 is 4.90 Å². The zero-order chi connectivity index (χ0) is 16.5. The lowest BCUT2D eigenvalue weighted by Gasteiger charge is -2.24. The van der Waals surface area contributed by atoms with Crippen molar-refractivity contribution in [1.29, 1.82) is 0 Å². The first-order valence-corrected chi connectivity index (χ1v) is 9.15. The molecule has 0 unspecified atom stereocenters. The third kappa shape index (κ3) is 2.91. The summed E-state index contributed by atoms with van der Waals surface area (Å²) in [5, 5.41) is 0. The summed E-state index contributed by atoms with van der Waals surface area (Å²) in [5.41, 5.74) is 3.81. The minimum absolute atomic E-state index is 0.0174. The lowest BCUT2D eigenvalue weighted by molar-refractivity contribution is 0.755. The van der Waals surface area contributed by atoms with Crippen LogP contribution >= 0.6 is 11.8 Å². The highest BCUT2D eigenvalue weighted by atomic mass is 32.2. The van der Waals surface area contributed by atoms with Gasteiger partial charge in [-0.15, -0.1) is 11.8 Å². The summed E-state index contributed by atoms with van der Waals surface area (Å²) in [7, 11) is 0. The molecule has 1 aliphatic rings. The fraction of sp³-hybridized carbons (Fsp3) is 0.263. The predicted octanol–water partition coefficient (Wildman–Crippen LogP) is 3.51. The van der Waals surface area contributed by atoms with E-state index >= 15 is 0 Å². The molecule has 4 rings (SSSR count). The third-order valence-corrected chi connectivity index (χ3v) is 5.40. The molecule has 3 aromatic rings. The fourth-order valence-corrected chi connectivity index (χ4v) is 4.11. The van der Waals surface area contributed by atoms with E-state index in [-0.39, 0.29) is 5.56 Å². The maximum atomic E-state index is 12.4. The van der Waals surface area contributed by atoms with Crippen molar-refractivity contribution in [3.05, 3.63) is 70.3 Å². The van der Waals surface area contributed by atoms with E-state index < -0.39 is 0 Å². The van der Waals surface area contributed by atoms with Crippen LogP contribution in [0.15, 0.2) is 58.4 Å². The summed E-state index contributed by atoms with van der Waals surface area (Å²) in [6, 6.07) is 14.0. The van der Waals surface area contributed by atoms with Crippen molar-refractivity contribution in [2.24, 2.45) is 0 Å². The van der Waals surface area contributed by atoms with Gasteiger partial charge in [-0.2, -0.15) is 0 Å². The van der Waals surface area contributed by atoms with Crippen molar-refractivity contribution in [2.75, 3.05) is 17.2 Å². The van der Waals surface area contributed by atoms with E-state index in [1.54, 1.807) is 10.5 Å². The zero-order valence-electron chi connectivity index (χ0n) is 13.6. The second-order valence-corrected chi connectivity index (χ2v) is 7.25. The molecule has 1 aromatic carbocycles. The summed E-state index contributed by atoms with van der Waals surface area (Å²) >= 11 is 1.90. The highest BCUT2D eigenvalue weighted by Gasteiger charge is 2.16. The van der Waals surface area contributed by atoms with Crippen LogP contribution in [0.5, 0.6) is 0 Å². The van der Waals surface area contributed by atoms with Crippen LogP contribution < -0.4 is 10.5 Å². The fourth-order valence-electron chi connectivity index (χ4n) is 3.10. The normalized spacial score (nSPS) is 14.5. The van der Waals surface area contributed by atoms with Gasteiger partial charge in [0, 0.05) is 23.7 Å². The van der Waals surface area contributed by atoms with Gasteiger partial charge in [-0.1, -0.05) is 18.2 Å². The molecular weight excluding hydrogens is 318 g/mol. The number of pyridine rings is 1. The number of aromatic nitrogens is 2. The first-order valence-electron chi connectivity index (χ1n) is 8.16. The minimum Gasteiger partial charge on any atom is -0.365 e. The van der Waals surface area contributed by atoms with E-state index in [0.29, 0.717) is 12.2 Å². The number of anilines is 1. The van der Waals surface area contributed by atoms with E-state index in [9.17, 15) is 4.79 Å². The molecular formula is C19H19N3OS. The molecule has 4 nitrogen and oxygen atoms in total. The van der Waals surface area contributed by atoms with Crippen LogP contribution in [-0.2, 0) is 6.54 Å². The van der Waals surface area contributed by atoms with Crippen molar-refractivity contribution < 1.29 is 0 Å². The molecule has 0 saturated carbocycles. The number of hydrogen-bond donors (Lipinski definition) is 0. The van der Waals surface area contributed by atoms with Gasteiger partial charge in [0.05, 0.1) is 17.9 Å². The van der Waals surface area contributed by atoms with Gasteiger partial charge in [0.1, 0.15) is 5.65 Å². The molecule has 0 fully saturated rings. The molecule has 3 heterocycles. The molecule has 2 aromatic heterocycles. The van der Waals surface area contributed by atoms with Crippen molar-refractivity contribution in [3.63, 3.8) is 0 Å². The van der Waals surface area contributed by atoms with E-state index in [1.807, 2.05) is 37.0 Å². The SMILES string of the molecule is Cc1ccc2nc(CN3CCCSc4ccccc43)cc(=O)n2c1. The van der Waals surface area contributed by atoms with Gasteiger partial charge >= 0.3 is 0 Å². The zero-order valence-corrected chi connectivity index (χ0v) is 14.4. The Bertz CT molecular complexity index is 951. The van der Waals surface area contributed by atoms with Gasteiger partial charge in [-0.3, -0.25) is 9.20 Å². The molecule has 0 spiro atoms. The van der Waals surface area contributed by atoms with Gasteiger partial charge in [0.15, 0.2) is 0 Å². The molecule has 5 heteroatoms. The van der Waals surface area contributed by atoms with E-state index in [1.165, 1.54) is 10.6 Å². The number of para-hydroxylation sites is 1. The molecule has 1 aliphatic heterocycles. The number of thioether (sulfide) groups is 1. The lowest BCUT2D eigenvalue weighted by Crippen LogP contribution is -2.26. The van der Waals surface area contributed by atoms with Crippen LogP contribution in [0.3, 0.4) is 0 Å². The largest absolute Gasteiger partial charge is 0.365 e. The quantitative estimate of drug-likeness (QED) is 0.717. The summed E-state index contributed by atoms with van der Waals surface area (Å²) < 4.78 is 1.62. The van der Waals surface area contributed by atoms with Gasteiger partial charge in [0.2, 0.25) is 0 Å². The van der Waals surface area contributed by atoms with Crippen LogP contribution in [0, 0.1) is 6.92 Å². The Hall–Kier alpha value is -2.27. The van der Waals surface area contributed by atoms with Crippen molar-refractivity contribution in [3.8, 4) is 0 Å². The van der Waals surface area contributed by atoms with Crippen molar-refractivity contribution >= 4 is 23.1 Å². The minimum atomic E-state index is -0.0174. The van der Waals surface area contributed by atoms with Crippen LogP contribution in [0.1, 0.15) is 17.7 Å². The standard InChI is InChI=1S/C19H19N3OS/c1-14-7-8-18-20-15(11-19(23)22(18)12-14)13-21-9-4-10-24-17-6-3-2-5-16(17)21/h2-3,5-8,11-12H,4,9-10,13H2,1H3. The number of benzene rings is 1. The summed E-state index contributed by atoms with van der Waals surface area (Å²) in [5.74, 6) is 1.13. The van der Waals surface area contributed by atoms with Crippen LogP contribution in [0.4, 0.5) is 5.69 Å². The summed E-state index contributed by atoms with van der Waals surface area (Å²) in [6.07, 6.45) is 2.97. The molecule has 0 amide bonds. The lowest BCUT2D eigenvalue weighted by atomic mass is 10.2. The van der Waals surface area contributed by atoms with Crippen LogP contribution in [0.2, 0.25) is 0 Å². The van der Waals surface area contributed by atoms with Crippen molar-refractivity contribution in [1.82, 2.24) is 9.38 Å². The first-order chi connectivity index (χ1) is 11.7. The molecule has 122 valence electrons. The average Bonchev–Trinajstić information content (AvgIpc) is 2.78. The van der Waals surface area contributed by atoms with Crippen LogP contribution in [0.25, 0.3) is 5.65 Å². The van der Waals surface area contributed by atoms with E-state index in [0.717, 1.165) is 30.0 Å². The Balaban J connectivity index is 1.72. The maximum absolute atomic E-state index is 12.4. The summed E-state index contributed by atoms with van der Waals surface area (Å²) in [6.45, 7) is 3.63. The second-order valence-electron chi connectivity index (χ2n) is 6.11. The highest BCUT2D eigenvalue weighted by Crippen LogP contribution is 2.34. The van der Waals surface area contributed by atoms with Gasteiger partial charge in [0.25, 0.3) is 5.56 Å². The number of rotatable bonds is 2. The number of aryl methyl sites for hydroxylation is 1. The predicted molar refractivity (Wildman–Crippen MR) is 99.0 cm³/mol. The highest BCUT2D eigenvalue weighted by molar-refractivity contribution is 7.99. The maximum Gasteiger partial charge on any atom is 0.258 e. The molecule has 0 aliphatic carbocycles. The Morgan fingerprint density at radius 3 is 3.00 bits per heavy atom. The average molecular weight is 337 g/mol. The molecule has 0 saturated heterocycles. The Morgan fingerprint density at radius 2 is 2.08 bits per heavy atom. The third-order valence-electron chi connectivity index (χ3n) is 4.25. The Kier molecular flexibility index (Phi) is 4.02. The smallest absolute Gasteiger partial charge is 0.258 e. The second kappa shape index (κ2) is 6.32.